The third-order valence-electron chi connectivity index (χ3n) is 3.54. The smallest absolute Gasteiger partial charge is 0.146 e. The minimum atomic E-state index is -1.54. The number of benzene rings is 1. The molecule has 0 fully saturated rings. The summed E-state index contributed by atoms with van der Waals surface area (Å²) in [5.74, 6) is -0.283. The van der Waals surface area contributed by atoms with Crippen LogP contribution in [0.2, 0.25) is 24.8 Å². The van der Waals surface area contributed by atoms with E-state index in [1.807, 2.05) is 6.07 Å². The van der Waals surface area contributed by atoms with Crippen LogP contribution in [0.1, 0.15) is 0 Å². The molecule has 0 aliphatic rings. The number of furan rings is 1. The van der Waals surface area contributed by atoms with Gasteiger partial charge in [-0.25, -0.2) is 9.37 Å². The van der Waals surface area contributed by atoms with Crippen LogP contribution in [-0.2, 0) is 0 Å². The molecule has 1 aromatic carbocycles. The van der Waals surface area contributed by atoms with Crippen molar-refractivity contribution in [2.75, 3.05) is 5.32 Å². The fourth-order valence-corrected chi connectivity index (χ4v) is 3.66. The minimum Gasteiger partial charge on any atom is -0.462 e. The van der Waals surface area contributed by atoms with Crippen LogP contribution in [0.3, 0.4) is 0 Å². The summed E-state index contributed by atoms with van der Waals surface area (Å²) in [5.41, 5.74) is 1.61. The maximum absolute atomic E-state index is 14.4. The van der Waals surface area contributed by atoms with Crippen molar-refractivity contribution in [3.63, 3.8) is 0 Å². The number of pyridine rings is 1. The van der Waals surface area contributed by atoms with Gasteiger partial charge in [-0.05, 0) is 18.2 Å². The summed E-state index contributed by atoms with van der Waals surface area (Å²) in [6.45, 7) is 6.55. The van der Waals surface area contributed by atoms with Crippen molar-refractivity contribution < 1.29 is 8.81 Å². The number of fused-ring (bicyclic) bond motifs is 1. The molecular formula is C16H16ClFN2OSi. The zero-order valence-corrected chi connectivity index (χ0v) is 14.3. The molecule has 0 aliphatic carbocycles. The van der Waals surface area contributed by atoms with E-state index in [2.05, 4.69) is 29.9 Å². The SMILES string of the molecule is C[Si](C)(C)c1ccc(Nc2coc3ccnc(Cl)c23)c(F)c1. The standard InChI is InChI=1S/C16H16ClFN2OSi/c1-22(2,3)10-4-5-12(11(18)8-10)20-13-9-21-14-6-7-19-16(17)15(13)14/h4-9,20H,1-3H3. The van der Waals surface area contributed by atoms with Crippen LogP contribution in [0.5, 0.6) is 0 Å². The molecule has 0 unspecified atom stereocenters. The molecule has 6 heteroatoms. The van der Waals surface area contributed by atoms with Gasteiger partial charge in [0.25, 0.3) is 0 Å². The first-order valence-corrected chi connectivity index (χ1v) is 10.8. The second-order valence-electron chi connectivity index (χ2n) is 6.19. The van der Waals surface area contributed by atoms with Crippen molar-refractivity contribution in [1.29, 1.82) is 0 Å². The molecule has 3 aromatic rings. The number of hydrogen-bond donors (Lipinski definition) is 1. The van der Waals surface area contributed by atoms with Gasteiger partial charge < -0.3 is 9.73 Å². The number of hydrogen-bond acceptors (Lipinski definition) is 3. The Hall–Kier alpha value is -1.85. The van der Waals surface area contributed by atoms with Gasteiger partial charge >= 0.3 is 0 Å². The Morgan fingerprint density at radius 2 is 1.95 bits per heavy atom. The highest BCUT2D eigenvalue weighted by molar-refractivity contribution is 6.88. The summed E-state index contributed by atoms with van der Waals surface area (Å²) in [6.07, 6.45) is 3.09. The Morgan fingerprint density at radius 1 is 1.18 bits per heavy atom. The molecule has 2 aromatic heterocycles. The highest BCUT2D eigenvalue weighted by atomic mass is 35.5. The van der Waals surface area contributed by atoms with E-state index in [4.69, 9.17) is 16.0 Å². The molecule has 3 nitrogen and oxygen atoms in total. The predicted molar refractivity (Wildman–Crippen MR) is 91.7 cm³/mol. The van der Waals surface area contributed by atoms with Crippen LogP contribution in [0.25, 0.3) is 11.0 Å². The van der Waals surface area contributed by atoms with E-state index in [9.17, 15) is 4.39 Å². The second kappa shape index (κ2) is 5.41. The molecule has 0 amide bonds. The average molecular weight is 335 g/mol. The van der Waals surface area contributed by atoms with Crippen LogP contribution in [0.4, 0.5) is 15.8 Å². The molecule has 0 saturated carbocycles. The lowest BCUT2D eigenvalue weighted by molar-refractivity contribution is 0.616. The summed E-state index contributed by atoms with van der Waals surface area (Å²) in [6, 6.07) is 7.06. The Morgan fingerprint density at radius 3 is 2.64 bits per heavy atom. The lowest BCUT2D eigenvalue weighted by Crippen LogP contribution is -2.37. The van der Waals surface area contributed by atoms with Gasteiger partial charge in [-0.1, -0.05) is 42.5 Å². The average Bonchev–Trinajstić information content (AvgIpc) is 2.84. The van der Waals surface area contributed by atoms with Crippen molar-refractivity contribution in [3.8, 4) is 0 Å². The van der Waals surface area contributed by atoms with E-state index >= 15 is 0 Å². The Kier molecular flexibility index (Phi) is 3.70. The molecule has 0 spiro atoms. The highest BCUT2D eigenvalue weighted by Gasteiger charge is 2.18. The highest BCUT2D eigenvalue weighted by Crippen LogP contribution is 2.33. The van der Waals surface area contributed by atoms with E-state index in [1.165, 1.54) is 6.26 Å². The molecule has 3 rings (SSSR count). The fraction of sp³-hybridized carbons (Fsp3) is 0.188. The zero-order chi connectivity index (χ0) is 15.9. The molecule has 0 aliphatic heterocycles. The predicted octanol–water partition coefficient (Wildman–Crippen LogP) is 4.91. The van der Waals surface area contributed by atoms with Crippen molar-refractivity contribution in [3.05, 3.63) is 47.7 Å². The normalized spacial score (nSPS) is 11.9. The quantitative estimate of drug-likeness (QED) is 0.546. The number of nitrogens with zero attached hydrogens (tertiary/aromatic N) is 1. The van der Waals surface area contributed by atoms with Crippen molar-refractivity contribution in [1.82, 2.24) is 4.98 Å². The third-order valence-corrected chi connectivity index (χ3v) is 5.87. The van der Waals surface area contributed by atoms with Crippen molar-refractivity contribution in [2.24, 2.45) is 0 Å². The van der Waals surface area contributed by atoms with E-state index < -0.39 is 8.07 Å². The van der Waals surface area contributed by atoms with Crippen LogP contribution >= 0.6 is 11.6 Å². The first-order valence-electron chi connectivity index (χ1n) is 6.95. The summed E-state index contributed by atoms with van der Waals surface area (Å²) in [7, 11) is -1.54. The molecule has 114 valence electrons. The van der Waals surface area contributed by atoms with Gasteiger partial charge in [0.2, 0.25) is 0 Å². The number of aromatic nitrogens is 1. The van der Waals surface area contributed by atoms with Crippen molar-refractivity contribution in [2.45, 2.75) is 19.6 Å². The molecule has 1 N–H and O–H groups in total. The Balaban J connectivity index is 1.99. The van der Waals surface area contributed by atoms with Gasteiger partial charge in [0, 0.05) is 6.20 Å². The Bertz CT molecular complexity index is 842. The summed E-state index contributed by atoms with van der Waals surface area (Å²) < 4.78 is 19.8. The van der Waals surface area contributed by atoms with Gasteiger partial charge in [0.1, 0.15) is 22.8 Å². The van der Waals surface area contributed by atoms with Gasteiger partial charge in [-0.2, -0.15) is 0 Å². The molecule has 0 bridgehead atoms. The lowest BCUT2D eigenvalue weighted by Gasteiger charge is -2.17. The fourth-order valence-electron chi connectivity index (χ4n) is 2.26. The first kappa shape index (κ1) is 15.1. The van der Waals surface area contributed by atoms with Crippen LogP contribution < -0.4 is 10.5 Å². The third kappa shape index (κ3) is 2.74. The summed E-state index contributed by atoms with van der Waals surface area (Å²) in [5, 5.41) is 5.09. The maximum atomic E-state index is 14.4. The topological polar surface area (TPSA) is 38.1 Å². The van der Waals surface area contributed by atoms with Gasteiger partial charge in [-0.15, -0.1) is 0 Å². The van der Waals surface area contributed by atoms with Crippen LogP contribution in [0, 0.1) is 5.82 Å². The molecule has 22 heavy (non-hydrogen) atoms. The van der Waals surface area contributed by atoms with Gasteiger partial charge in [0.05, 0.1) is 24.8 Å². The monoisotopic (exact) mass is 334 g/mol. The van der Waals surface area contributed by atoms with Crippen LogP contribution in [-0.4, -0.2) is 13.1 Å². The number of nitrogens with one attached hydrogen (secondary N) is 1. The van der Waals surface area contributed by atoms with E-state index in [-0.39, 0.29) is 5.82 Å². The number of halogens is 2. The number of rotatable bonds is 3. The van der Waals surface area contributed by atoms with Gasteiger partial charge in [-0.3, -0.25) is 0 Å². The minimum absolute atomic E-state index is 0.283. The lowest BCUT2D eigenvalue weighted by atomic mass is 10.2. The maximum Gasteiger partial charge on any atom is 0.146 e. The first-order chi connectivity index (χ1) is 10.4. The summed E-state index contributed by atoms with van der Waals surface area (Å²) >= 11 is 6.10. The Labute approximate surface area is 134 Å². The van der Waals surface area contributed by atoms with Crippen LogP contribution in [0.15, 0.2) is 41.1 Å². The summed E-state index contributed by atoms with van der Waals surface area (Å²) in [4.78, 5) is 4.03. The molecule has 0 atom stereocenters. The van der Waals surface area contributed by atoms with Crippen molar-refractivity contribution >= 4 is 47.2 Å². The van der Waals surface area contributed by atoms with E-state index in [0.717, 1.165) is 5.19 Å². The largest absolute Gasteiger partial charge is 0.462 e. The molecule has 0 radical (unpaired) electrons. The van der Waals surface area contributed by atoms with E-state index in [1.54, 1.807) is 24.4 Å². The molecule has 2 heterocycles. The second-order valence-corrected chi connectivity index (χ2v) is 11.6. The van der Waals surface area contributed by atoms with E-state index in [0.29, 0.717) is 27.5 Å². The molecular weight excluding hydrogens is 319 g/mol. The van der Waals surface area contributed by atoms with Gasteiger partial charge in [0.15, 0.2) is 0 Å². The number of anilines is 2. The molecule has 0 saturated heterocycles. The zero-order valence-electron chi connectivity index (χ0n) is 12.6.